The monoisotopic (exact) mass is 1690 g/mol. The molecule has 0 aliphatic carbocycles. The van der Waals surface area contributed by atoms with Gasteiger partial charge in [0.1, 0.15) is 0 Å². The largest absolute Gasteiger partial charge is 2.00 e. The van der Waals surface area contributed by atoms with Gasteiger partial charge in [-0.15, -0.1) is 24.7 Å². The molecule has 0 spiro atoms. The van der Waals surface area contributed by atoms with Crippen molar-refractivity contribution in [2.75, 3.05) is 13.2 Å². The standard InChI is InChI=1S/C68H88O8.2C3H7O.6C2H3N.6O.4V/c1-63(2,3)51-23-39-19-43-27-53(65(7,8)9)31-47(59(43)71)35-75-37-49-33-55(67(13,14)15)29-45(61(49)73)21-41-25-52(64(4,5)6)26-42(58(41)70)22-46-30-56(68(16,17)18)34-50(62(46)74)38-76-36-48-32-54(66(10,11)12)28-44(60(48)72)20-40(24-51)57(39)69;2*1-2-3-4;6*1-2-3;;;;;;;;;;/h23-34,69-74H,19-22,35-38H2,1-18H3;2*2-3H2,1H3;6*1H3;;;;;;;;;;/q;2*-1;;;;;;;6*-2;;;;/p-6. The molecule has 0 saturated heterocycles. The van der Waals surface area contributed by atoms with E-state index in [9.17, 15) is 40.9 Å². The Morgan fingerprint density at radius 3 is 0.438 bits per heavy atom. The Labute approximate surface area is 718 Å². The van der Waals surface area contributed by atoms with Crippen molar-refractivity contribution in [3.8, 4) is 70.9 Å². The summed E-state index contributed by atoms with van der Waals surface area (Å²) in [6.45, 7) is 49.6. The van der Waals surface area contributed by atoms with Gasteiger partial charge in [0.2, 0.25) is 0 Å². The van der Waals surface area contributed by atoms with E-state index in [1.54, 1.807) is 36.4 Å². The van der Waals surface area contributed by atoms with E-state index in [0.717, 1.165) is 46.2 Å². The minimum Gasteiger partial charge on any atom is -2.00 e. The maximum absolute atomic E-state index is 14.9. The first-order chi connectivity index (χ1) is 47.2. The third kappa shape index (κ3) is 44.6. The van der Waals surface area contributed by atoms with Gasteiger partial charge in [0.15, 0.2) is 0 Å². The van der Waals surface area contributed by atoms with E-state index in [4.69, 9.17) is 41.0 Å². The third-order valence-electron chi connectivity index (χ3n) is 15.6. The second-order valence-corrected chi connectivity index (χ2v) is 30.7. The fourth-order valence-electron chi connectivity index (χ4n) is 9.97. The van der Waals surface area contributed by atoms with E-state index in [1.165, 1.54) is 41.5 Å². The fraction of sp³-hybridized carbons (Fsp3) is 0.512. The van der Waals surface area contributed by atoms with Crippen LogP contribution in [0.15, 0.2) is 72.8 Å². The van der Waals surface area contributed by atoms with Crippen LogP contribution in [-0.2, 0) is 201 Å². The van der Waals surface area contributed by atoms with Crippen LogP contribution in [-0.4, -0.2) is 13.2 Å². The molecule has 1 aliphatic heterocycles. The second kappa shape index (κ2) is 62.4. The Kier molecular flexibility index (Phi) is 73.1. The average Bonchev–Trinajstić information content (AvgIpc) is 0.784. The van der Waals surface area contributed by atoms with E-state index < -0.39 is 0 Å². The van der Waals surface area contributed by atoms with Crippen molar-refractivity contribution >= 4 is 0 Å². The SMILES string of the molecule is CC#N.CC#N.CC#N.CC#N.CC#N.CC#N.CC(C)(C)c1cc2c([O-])c(c1)Cc1cc(C(C)(C)C)cc(c1[O-])Cc1cc(C(C)(C)C)cc(c1[O-])COCc1cc(C(C)(C)C)cc(c1[O-])Cc1cc(C(C)(C)C)cc(c1[O-])Cc1cc(C(C)(C)C)cc(c1[O-])COC2.CCC[O-].CCC[O-].[O-2].[O-2].[O-2].[O-2].[O-2].[O-2].[V].[V].[V].[V]. The number of nitriles is 6. The smallest absolute Gasteiger partial charge is 0.0715 e. The third-order valence-corrected chi connectivity index (χ3v) is 15.6. The van der Waals surface area contributed by atoms with Crippen LogP contribution in [0.1, 0.15) is 293 Å². The van der Waals surface area contributed by atoms with Crippen LogP contribution >= 0.6 is 0 Å². The minimum atomic E-state index is -0.375. The van der Waals surface area contributed by atoms with E-state index in [0.29, 0.717) is 66.8 Å². The van der Waals surface area contributed by atoms with Crippen molar-refractivity contribution in [1.82, 2.24) is 0 Å². The maximum Gasteiger partial charge on any atom is 0.0715 e. The normalized spacial score (nSPS) is 11.0. The molecule has 22 nitrogen and oxygen atoms in total. The van der Waals surface area contributed by atoms with Gasteiger partial charge in [-0.2, -0.15) is 31.6 Å². The fourth-order valence-corrected chi connectivity index (χ4v) is 9.97. The first kappa shape index (κ1) is 131. The first-order valence-corrected chi connectivity index (χ1v) is 34.4. The Morgan fingerprint density at radius 2 is 0.348 bits per heavy atom. The molecule has 6 aromatic carbocycles. The summed E-state index contributed by atoms with van der Waals surface area (Å²) in [5.41, 5.74) is 8.60. The molecule has 7 rings (SSSR count). The minimum absolute atomic E-state index is 0. The Bertz CT molecular complexity index is 3420. The molecule has 12 bridgehead atoms. The molecule has 0 amide bonds. The van der Waals surface area contributed by atoms with Gasteiger partial charge in [0.05, 0.1) is 62.8 Å². The number of hydrogen-bond donors (Lipinski definition) is 0. The van der Waals surface area contributed by atoms with E-state index >= 15 is 0 Å². The number of ether oxygens (including phenoxy) is 2. The van der Waals surface area contributed by atoms with Gasteiger partial charge in [0, 0.05) is 116 Å². The van der Waals surface area contributed by atoms with Gasteiger partial charge in [-0.25, -0.2) is 0 Å². The number of rotatable bonds is 2. The van der Waals surface area contributed by atoms with Crippen molar-refractivity contribution in [2.45, 2.75) is 277 Å². The predicted octanol–water partition coefficient (Wildman–Crippen LogP) is 14.0. The predicted molar refractivity (Wildman–Crippen MR) is 398 cm³/mol. The number of hydrogen-bond acceptors (Lipinski definition) is 16. The zero-order valence-corrected chi connectivity index (χ0v) is 76.0. The van der Waals surface area contributed by atoms with Gasteiger partial charge in [0.25, 0.3) is 0 Å². The molecular formula is C86H114N6O16V4-20. The molecule has 0 unspecified atom stereocenters. The van der Waals surface area contributed by atoms with Crippen LogP contribution < -0.4 is 40.9 Å². The number of fused-ring (bicyclic) bond motifs is 12. The average molecular weight is 1690 g/mol. The molecule has 1 heterocycles. The van der Waals surface area contributed by atoms with Crippen molar-refractivity contribution in [2.24, 2.45) is 0 Å². The van der Waals surface area contributed by atoms with Crippen LogP contribution in [0.4, 0.5) is 0 Å². The molecule has 112 heavy (non-hydrogen) atoms. The molecule has 0 atom stereocenters. The first-order valence-electron chi connectivity index (χ1n) is 34.4. The molecule has 0 aromatic heterocycles. The summed E-state index contributed by atoms with van der Waals surface area (Å²) < 4.78 is 12.8. The summed E-state index contributed by atoms with van der Waals surface area (Å²) in [4.78, 5) is 0. The molecule has 0 saturated carbocycles. The number of benzene rings is 6. The van der Waals surface area contributed by atoms with Gasteiger partial charge in [-0.05, 0) is 114 Å². The maximum atomic E-state index is 14.9. The Morgan fingerprint density at radius 1 is 0.259 bits per heavy atom. The van der Waals surface area contributed by atoms with E-state index in [2.05, 4.69) is 125 Å². The van der Waals surface area contributed by atoms with Crippen LogP contribution in [0.25, 0.3) is 0 Å². The zero-order chi connectivity index (χ0) is 79.5. The summed E-state index contributed by atoms with van der Waals surface area (Å²) in [5, 5.41) is 151. The molecule has 6 aromatic rings. The van der Waals surface area contributed by atoms with E-state index in [-0.39, 0.29) is 239 Å². The van der Waals surface area contributed by atoms with Crippen LogP contribution in [0.2, 0.25) is 0 Å². The van der Waals surface area contributed by atoms with Crippen LogP contribution in [0, 0.1) is 68.0 Å². The summed E-state index contributed by atoms with van der Waals surface area (Å²) in [7, 11) is 0. The molecule has 0 fully saturated rings. The second-order valence-electron chi connectivity index (χ2n) is 30.7. The molecular weight excluding hydrogens is 1580 g/mol. The van der Waals surface area contributed by atoms with Gasteiger partial charge in [-0.3, -0.25) is 0 Å². The van der Waals surface area contributed by atoms with Crippen molar-refractivity contribution in [3.05, 3.63) is 173 Å². The topological polar surface area (TPSA) is 517 Å². The zero-order valence-electron chi connectivity index (χ0n) is 70.4. The quantitative estimate of drug-likeness (QED) is 0.155. The summed E-state index contributed by atoms with van der Waals surface area (Å²) >= 11 is 0. The van der Waals surface area contributed by atoms with Crippen molar-refractivity contribution in [3.63, 3.8) is 0 Å². The Hall–Kier alpha value is -7.00. The van der Waals surface area contributed by atoms with Crippen LogP contribution in [0.5, 0.6) is 34.5 Å². The van der Waals surface area contributed by atoms with Crippen molar-refractivity contribution < 1.29 is 157 Å². The van der Waals surface area contributed by atoms with Gasteiger partial charge in [-0.1, -0.05) is 292 Å². The van der Waals surface area contributed by atoms with Gasteiger partial charge < -0.3 is 83.2 Å². The summed E-state index contributed by atoms with van der Waals surface area (Å²) in [5.74, 6) is -1.39. The Balaban J connectivity index is -0.000000244. The van der Waals surface area contributed by atoms with Gasteiger partial charge >= 0.3 is 0 Å². The number of nitrogens with zero attached hydrogens (tertiary/aromatic N) is 6. The molecule has 1 aliphatic rings. The molecule has 4 radical (unpaired) electrons. The summed E-state index contributed by atoms with van der Waals surface area (Å²) in [6, 6.07) is 33.2. The molecule has 0 N–H and O–H groups in total. The summed E-state index contributed by atoms with van der Waals surface area (Å²) in [6.07, 6.45) is 1.80. The molecule has 624 valence electrons. The molecule has 26 heteroatoms. The van der Waals surface area contributed by atoms with E-state index in [1.807, 2.05) is 86.6 Å². The van der Waals surface area contributed by atoms with Crippen LogP contribution in [0.3, 0.4) is 0 Å². The van der Waals surface area contributed by atoms with Crippen molar-refractivity contribution in [1.29, 1.82) is 31.6 Å².